The molecule has 4 aromatic carbocycles. The molecular formula is C40H28F6N2O6S3. The van der Waals surface area contributed by atoms with E-state index in [4.69, 9.17) is 25.9 Å². The van der Waals surface area contributed by atoms with Crippen LogP contribution in [0.4, 0.5) is 26.3 Å². The average Bonchev–Trinajstić information content (AvgIpc) is 3.59. The maximum absolute atomic E-state index is 10.7. The number of nitrogens with zero attached hydrogens (tertiary/aromatic N) is 2. The van der Waals surface area contributed by atoms with Gasteiger partial charge in [0.15, 0.2) is 45.0 Å². The number of thiophene rings is 1. The van der Waals surface area contributed by atoms with Crippen LogP contribution in [-0.4, -0.2) is 37.0 Å². The first-order chi connectivity index (χ1) is 26.8. The van der Waals surface area contributed by atoms with Crippen LogP contribution in [0.5, 0.6) is 0 Å². The molecule has 8 nitrogen and oxygen atoms in total. The van der Waals surface area contributed by atoms with Gasteiger partial charge in [-0.1, -0.05) is 72.8 Å². The molecule has 0 amide bonds. The normalized spacial score (nSPS) is 11.8. The van der Waals surface area contributed by atoms with Crippen molar-refractivity contribution < 1.29 is 61.4 Å². The second-order valence-corrected chi connectivity index (χ2v) is 15.5. The smallest absolute Gasteiger partial charge is 0.485 e. The molecule has 3 aromatic heterocycles. The van der Waals surface area contributed by atoms with Crippen LogP contribution in [0.2, 0.25) is 0 Å². The van der Waals surface area contributed by atoms with Gasteiger partial charge in [-0.05, 0) is 46.5 Å². The molecular weight excluding hydrogens is 815 g/mol. The Kier molecular flexibility index (Phi) is 13.1. The van der Waals surface area contributed by atoms with Gasteiger partial charge in [0.05, 0.1) is 0 Å². The SMILES string of the molecule is O=S(=O)([O-])C(F)(F)F.O=S(=O)([O-])C(F)(F)F.c1ccc(-c2c(-c3ccc(-[n+]4ccccc4)cc3)sc(-c3ccc(-[n+]4ccccc4)cc3)c2-c2ccccc2)cc1. The highest BCUT2D eigenvalue weighted by Gasteiger charge is 2.37. The number of pyridine rings is 2. The van der Waals surface area contributed by atoms with Gasteiger partial charge in [-0.25, -0.2) is 16.8 Å². The van der Waals surface area contributed by atoms with Gasteiger partial charge in [-0.3, -0.25) is 0 Å². The monoisotopic (exact) mass is 842 g/mol. The van der Waals surface area contributed by atoms with Crippen LogP contribution < -0.4 is 9.13 Å². The average molecular weight is 843 g/mol. The minimum absolute atomic E-state index is 1.14. The van der Waals surface area contributed by atoms with Gasteiger partial charge in [0.2, 0.25) is 11.4 Å². The topological polar surface area (TPSA) is 122 Å². The van der Waals surface area contributed by atoms with Gasteiger partial charge in [-0.2, -0.15) is 35.5 Å². The van der Waals surface area contributed by atoms with Crippen LogP contribution in [0.3, 0.4) is 0 Å². The molecule has 0 aliphatic heterocycles. The third kappa shape index (κ3) is 10.8. The second-order valence-electron chi connectivity index (χ2n) is 11.7. The first kappa shape index (κ1) is 42.4. The molecule has 0 spiro atoms. The summed E-state index contributed by atoms with van der Waals surface area (Å²) in [7, 11) is -12.2. The maximum atomic E-state index is 10.7. The van der Waals surface area contributed by atoms with E-state index in [2.05, 4.69) is 167 Å². The van der Waals surface area contributed by atoms with E-state index < -0.39 is 31.3 Å². The summed E-state index contributed by atoms with van der Waals surface area (Å²) in [5, 5.41) is 0. The quantitative estimate of drug-likeness (QED) is 0.0713. The molecule has 0 saturated heterocycles. The molecule has 0 unspecified atom stereocenters. The van der Waals surface area contributed by atoms with Crippen LogP contribution in [0.15, 0.2) is 170 Å². The van der Waals surface area contributed by atoms with Crippen molar-refractivity contribution in [3.8, 4) is 54.5 Å². The Hall–Kier alpha value is -5.72. The molecule has 3 heterocycles. The Bertz CT molecular complexity index is 2430. The van der Waals surface area contributed by atoms with Gasteiger partial charge in [-0.15, -0.1) is 11.3 Å². The Labute approximate surface area is 327 Å². The standard InChI is InChI=1S/C38H28N2S.2CHF3O3S/c1-5-13-29(14-6-1)35-36(30-15-7-2-8-16-30)38(32-19-23-34(24-20-32)40-27-11-4-12-28-40)41-37(35)31-17-21-33(22-18-31)39-25-9-3-10-26-39;2*2-1(3,4)8(5,6)7/h1-28H;2*(H,5,6,7)/q+2;;/p-2. The highest BCUT2D eigenvalue weighted by Crippen LogP contribution is 2.52. The molecule has 0 radical (unpaired) electrons. The fourth-order valence-corrected chi connectivity index (χ4v) is 6.67. The number of halogens is 6. The number of alkyl halides is 6. The first-order valence-electron chi connectivity index (χ1n) is 16.3. The Morgan fingerprint density at radius 2 is 0.667 bits per heavy atom. The van der Waals surface area contributed by atoms with E-state index in [0.717, 1.165) is 11.4 Å². The van der Waals surface area contributed by atoms with Crippen molar-refractivity contribution in [2.45, 2.75) is 11.0 Å². The largest absolute Gasteiger partial charge is 0.741 e. The van der Waals surface area contributed by atoms with E-state index in [1.807, 2.05) is 23.5 Å². The zero-order chi connectivity index (χ0) is 41.4. The van der Waals surface area contributed by atoms with Gasteiger partial charge in [0.25, 0.3) is 0 Å². The molecule has 0 atom stereocenters. The molecule has 0 aliphatic rings. The Morgan fingerprint density at radius 3 is 0.930 bits per heavy atom. The fourth-order valence-electron chi connectivity index (χ4n) is 5.31. The summed E-state index contributed by atoms with van der Waals surface area (Å²) in [5.41, 5.74) is -1.57. The van der Waals surface area contributed by atoms with Crippen molar-refractivity contribution in [2.75, 3.05) is 0 Å². The zero-order valence-electron chi connectivity index (χ0n) is 29.0. The molecule has 7 rings (SSSR count). The molecule has 0 N–H and O–H groups in total. The number of hydrogen-bond donors (Lipinski definition) is 0. The third-order valence-electron chi connectivity index (χ3n) is 7.89. The van der Waals surface area contributed by atoms with Crippen molar-refractivity contribution in [2.24, 2.45) is 0 Å². The Morgan fingerprint density at radius 1 is 0.404 bits per heavy atom. The zero-order valence-corrected chi connectivity index (χ0v) is 31.5. The molecule has 0 bridgehead atoms. The van der Waals surface area contributed by atoms with Gasteiger partial charge >= 0.3 is 11.0 Å². The van der Waals surface area contributed by atoms with Crippen molar-refractivity contribution in [3.05, 3.63) is 170 Å². The van der Waals surface area contributed by atoms with E-state index in [1.165, 1.54) is 43.1 Å². The summed E-state index contributed by atoms with van der Waals surface area (Å²) in [6, 6.07) is 51.7. The Balaban J connectivity index is 0.000000328. The summed E-state index contributed by atoms with van der Waals surface area (Å²) in [6.07, 6.45) is 8.33. The lowest BCUT2D eigenvalue weighted by atomic mass is 9.91. The van der Waals surface area contributed by atoms with E-state index >= 15 is 0 Å². The van der Waals surface area contributed by atoms with Crippen LogP contribution >= 0.6 is 11.3 Å². The first-order valence-corrected chi connectivity index (χ1v) is 19.9. The highest BCUT2D eigenvalue weighted by atomic mass is 32.2. The lowest BCUT2D eigenvalue weighted by molar-refractivity contribution is -0.596. The second kappa shape index (κ2) is 17.6. The van der Waals surface area contributed by atoms with E-state index in [0.29, 0.717) is 0 Å². The maximum Gasteiger partial charge on any atom is 0.485 e. The molecule has 0 fully saturated rings. The van der Waals surface area contributed by atoms with Crippen LogP contribution in [-0.2, 0) is 20.2 Å². The molecule has 57 heavy (non-hydrogen) atoms. The predicted octanol–water partition coefficient (Wildman–Crippen LogP) is 9.07. The molecule has 0 aliphatic carbocycles. The summed E-state index contributed by atoms with van der Waals surface area (Å²) in [4.78, 5) is 2.55. The van der Waals surface area contributed by atoms with Crippen LogP contribution in [0, 0.1) is 0 Å². The van der Waals surface area contributed by atoms with Gasteiger partial charge in [0, 0.05) is 69.4 Å². The van der Waals surface area contributed by atoms with E-state index in [9.17, 15) is 26.3 Å². The van der Waals surface area contributed by atoms with Crippen molar-refractivity contribution in [3.63, 3.8) is 0 Å². The summed E-state index contributed by atoms with van der Waals surface area (Å²) in [5.74, 6) is 0. The number of aromatic nitrogens is 2. The fraction of sp³-hybridized carbons (Fsp3) is 0.0500. The lowest BCUT2D eigenvalue weighted by Crippen LogP contribution is -2.28. The van der Waals surface area contributed by atoms with Gasteiger partial charge < -0.3 is 9.11 Å². The van der Waals surface area contributed by atoms with E-state index in [1.54, 1.807) is 0 Å². The summed E-state index contributed by atoms with van der Waals surface area (Å²) < 4.78 is 122. The van der Waals surface area contributed by atoms with Crippen molar-refractivity contribution >= 4 is 31.6 Å². The molecule has 17 heteroatoms. The molecule has 7 aromatic rings. The minimum atomic E-state index is -6.09. The van der Waals surface area contributed by atoms with Crippen LogP contribution in [0.1, 0.15) is 0 Å². The van der Waals surface area contributed by atoms with Crippen molar-refractivity contribution in [1.82, 2.24) is 0 Å². The number of benzene rings is 4. The summed E-state index contributed by atoms with van der Waals surface area (Å²) in [6.45, 7) is 0. The van der Waals surface area contributed by atoms with Crippen molar-refractivity contribution in [1.29, 1.82) is 0 Å². The van der Waals surface area contributed by atoms with E-state index in [-0.39, 0.29) is 0 Å². The molecule has 294 valence electrons. The van der Waals surface area contributed by atoms with Crippen LogP contribution in [0.25, 0.3) is 54.5 Å². The highest BCUT2D eigenvalue weighted by molar-refractivity contribution is 7.86. The third-order valence-corrected chi connectivity index (χ3v) is 10.3. The number of hydrogen-bond acceptors (Lipinski definition) is 7. The summed E-state index contributed by atoms with van der Waals surface area (Å²) >= 11 is 1.87. The minimum Gasteiger partial charge on any atom is -0.741 e. The molecule has 0 saturated carbocycles. The predicted molar refractivity (Wildman–Crippen MR) is 201 cm³/mol. The number of rotatable bonds is 6. The van der Waals surface area contributed by atoms with Gasteiger partial charge in [0.1, 0.15) is 0 Å². The lowest BCUT2D eigenvalue weighted by Gasteiger charge is -2.11.